The molecule has 2 rings (SSSR count). The lowest BCUT2D eigenvalue weighted by Crippen LogP contribution is -2.26. The van der Waals surface area contributed by atoms with Crippen molar-refractivity contribution in [1.82, 2.24) is 14.9 Å². The van der Waals surface area contributed by atoms with Crippen molar-refractivity contribution in [2.45, 2.75) is 39.3 Å². The maximum absolute atomic E-state index is 5.56. The molecule has 0 spiro atoms. The molecule has 1 unspecified atom stereocenters. The molecule has 1 aliphatic rings. The molecule has 0 radical (unpaired) electrons. The first-order chi connectivity index (χ1) is 7.68. The lowest BCUT2D eigenvalue weighted by atomic mass is 10.2. The Hall–Kier alpha value is -0.870. The van der Waals surface area contributed by atoms with E-state index in [0.29, 0.717) is 6.10 Å². The SMILES string of the molecule is Cc1nc(CNCC2CCCO2)n(C)c1C. The smallest absolute Gasteiger partial charge is 0.122 e. The van der Waals surface area contributed by atoms with Crippen molar-refractivity contribution >= 4 is 0 Å². The summed E-state index contributed by atoms with van der Waals surface area (Å²) in [5.74, 6) is 1.10. The van der Waals surface area contributed by atoms with E-state index in [1.165, 1.54) is 18.5 Å². The molecular formula is C12H21N3O. The lowest BCUT2D eigenvalue weighted by molar-refractivity contribution is 0.109. The Morgan fingerprint density at radius 2 is 2.31 bits per heavy atom. The van der Waals surface area contributed by atoms with Crippen molar-refractivity contribution in [2.24, 2.45) is 7.05 Å². The monoisotopic (exact) mass is 223 g/mol. The average molecular weight is 223 g/mol. The van der Waals surface area contributed by atoms with Crippen LogP contribution in [0.15, 0.2) is 0 Å². The molecule has 1 atom stereocenters. The van der Waals surface area contributed by atoms with Crippen LogP contribution < -0.4 is 5.32 Å². The van der Waals surface area contributed by atoms with Gasteiger partial charge in [0.05, 0.1) is 18.3 Å². The Kier molecular flexibility index (Phi) is 3.61. The van der Waals surface area contributed by atoms with E-state index in [9.17, 15) is 0 Å². The van der Waals surface area contributed by atoms with Gasteiger partial charge in [-0.2, -0.15) is 0 Å². The minimum atomic E-state index is 0.405. The van der Waals surface area contributed by atoms with Crippen molar-refractivity contribution in [1.29, 1.82) is 0 Å². The van der Waals surface area contributed by atoms with E-state index in [1.807, 2.05) is 0 Å². The zero-order valence-electron chi connectivity index (χ0n) is 10.4. The number of hydrogen-bond acceptors (Lipinski definition) is 3. The highest BCUT2D eigenvalue weighted by Gasteiger charge is 2.15. The second-order valence-electron chi connectivity index (χ2n) is 4.52. The molecule has 0 aromatic carbocycles. The molecule has 1 aromatic heterocycles. The molecule has 0 amide bonds. The van der Waals surface area contributed by atoms with Gasteiger partial charge in [0, 0.05) is 25.9 Å². The lowest BCUT2D eigenvalue weighted by Gasteiger charge is -2.10. The first kappa shape index (κ1) is 11.6. The summed E-state index contributed by atoms with van der Waals surface area (Å²) in [6, 6.07) is 0. The second-order valence-corrected chi connectivity index (χ2v) is 4.52. The van der Waals surface area contributed by atoms with Gasteiger partial charge in [0.15, 0.2) is 0 Å². The maximum Gasteiger partial charge on any atom is 0.122 e. The van der Waals surface area contributed by atoms with Crippen LogP contribution in [0.5, 0.6) is 0 Å². The van der Waals surface area contributed by atoms with Gasteiger partial charge in [0.1, 0.15) is 5.82 Å². The molecule has 0 saturated carbocycles. The molecule has 0 bridgehead atoms. The zero-order chi connectivity index (χ0) is 11.5. The molecule has 1 N–H and O–H groups in total. The number of hydrogen-bond donors (Lipinski definition) is 1. The summed E-state index contributed by atoms with van der Waals surface area (Å²) in [5.41, 5.74) is 2.37. The number of ether oxygens (including phenoxy) is 1. The van der Waals surface area contributed by atoms with Gasteiger partial charge in [-0.1, -0.05) is 0 Å². The maximum atomic E-state index is 5.56. The molecular weight excluding hydrogens is 202 g/mol. The summed E-state index contributed by atoms with van der Waals surface area (Å²) in [7, 11) is 2.07. The van der Waals surface area contributed by atoms with Crippen molar-refractivity contribution in [2.75, 3.05) is 13.2 Å². The Bertz CT molecular complexity index is 353. The third-order valence-electron chi connectivity index (χ3n) is 3.39. The van der Waals surface area contributed by atoms with E-state index in [0.717, 1.165) is 31.2 Å². The molecule has 4 nitrogen and oxygen atoms in total. The van der Waals surface area contributed by atoms with Gasteiger partial charge in [-0.15, -0.1) is 0 Å². The fraction of sp³-hybridized carbons (Fsp3) is 0.750. The normalized spacial score (nSPS) is 20.6. The molecule has 4 heteroatoms. The number of rotatable bonds is 4. The third kappa shape index (κ3) is 2.44. The topological polar surface area (TPSA) is 39.1 Å². The average Bonchev–Trinajstić information content (AvgIpc) is 2.85. The number of aromatic nitrogens is 2. The molecule has 90 valence electrons. The van der Waals surface area contributed by atoms with Gasteiger partial charge in [-0.05, 0) is 26.7 Å². The molecule has 1 aromatic rings. The summed E-state index contributed by atoms with van der Waals surface area (Å²) in [6.45, 7) is 6.84. The van der Waals surface area contributed by atoms with Crippen LogP contribution in [0.1, 0.15) is 30.1 Å². The van der Waals surface area contributed by atoms with Crippen LogP contribution >= 0.6 is 0 Å². The highest BCUT2D eigenvalue weighted by atomic mass is 16.5. The number of aryl methyl sites for hydroxylation is 1. The second kappa shape index (κ2) is 4.97. The van der Waals surface area contributed by atoms with Gasteiger partial charge in [-0.25, -0.2) is 4.98 Å². The van der Waals surface area contributed by atoms with Gasteiger partial charge in [0.2, 0.25) is 0 Å². The van der Waals surface area contributed by atoms with Gasteiger partial charge >= 0.3 is 0 Å². The summed E-state index contributed by atoms with van der Waals surface area (Å²) < 4.78 is 7.71. The Balaban J connectivity index is 1.82. The predicted molar refractivity (Wildman–Crippen MR) is 63.4 cm³/mol. The summed E-state index contributed by atoms with van der Waals surface area (Å²) in [5, 5.41) is 3.42. The van der Waals surface area contributed by atoms with Crippen molar-refractivity contribution < 1.29 is 4.74 Å². The van der Waals surface area contributed by atoms with E-state index in [2.05, 4.69) is 35.8 Å². The molecule has 0 aliphatic carbocycles. The summed E-state index contributed by atoms with van der Waals surface area (Å²) in [6.07, 6.45) is 2.79. The molecule has 1 fully saturated rings. The summed E-state index contributed by atoms with van der Waals surface area (Å²) in [4.78, 5) is 4.53. The van der Waals surface area contributed by atoms with Crippen molar-refractivity contribution in [3.8, 4) is 0 Å². The molecule has 16 heavy (non-hydrogen) atoms. The fourth-order valence-corrected chi connectivity index (χ4v) is 2.09. The van der Waals surface area contributed by atoms with E-state index in [-0.39, 0.29) is 0 Å². The molecule has 1 saturated heterocycles. The van der Waals surface area contributed by atoms with Gasteiger partial charge in [0.25, 0.3) is 0 Å². The Labute approximate surface area is 97.0 Å². The highest BCUT2D eigenvalue weighted by molar-refractivity contribution is 5.13. The first-order valence-corrected chi connectivity index (χ1v) is 5.99. The van der Waals surface area contributed by atoms with Crippen LogP contribution in [0, 0.1) is 13.8 Å². The van der Waals surface area contributed by atoms with Crippen LogP contribution in [-0.4, -0.2) is 28.8 Å². The molecule has 1 aliphatic heterocycles. The minimum absolute atomic E-state index is 0.405. The van der Waals surface area contributed by atoms with E-state index < -0.39 is 0 Å². The predicted octanol–water partition coefficient (Wildman–Crippen LogP) is 1.31. The third-order valence-corrected chi connectivity index (χ3v) is 3.39. The van der Waals surface area contributed by atoms with Crippen molar-refractivity contribution in [3.63, 3.8) is 0 Å². The standard InChI is InChI=1S/C12H21N3O/c1-9-10(2)15(3)12(14-9)8-13-7-11-5-4-6-16-11/h11,13H,4-8H2,1-3H3. The Morgan fingerprint density at radius 1 is 1.50 bits per heavy atom. The minimum Gasteiger partial charge on any atom is -0.377 e. The van der Waals surface area contributed by atoms with Crippen LogP contribution in [0.3, 0.4) is 0 Å². The largest absolute Gasteiger partial charge is 0.377 e. The van der Waals surface area contributed by atoms with E-state index in [4.69, 9.17) is 4.74 Å². The van der Waals surface area contributed by atoms with Crippen LogP contribution in [-0.2, 0) is 18.3 Å². The van der Waals surface area contributed by atoms with Crippen LogP contribution in [0.25, 0.3) is 0 Å². The van der Waals surface area contributed by atoms with Gasteiger partial charge < -0.3 is 14.6 Å². The van der Waals surface area contributed by atoms with Crippen molar-refractivity contribution in [3.05, 3.63) is 17.2 Å². The summed E-state index contributed by atoms with van der Waals surface area (Å²) >= 11 is 0. The van der Waals surface area contributed by atoms with E-state index in [1.54, 1.807) is 0 Å². The number of imidazole rings is 1. The van der Waals surface area contributed by atoms with Crippen LogP contribution in [0.4, 0.5) is 0 Å². The Morgan fingerprint density at radius 3 is 2.88 bits per heavy atom. The quantitative estimate of drug-likeness (QED) is 0.836. The first-order valence-electron chi connectivity index (χ1n) is 5.99. The number of nitrogens with zero attached hydrogens (tertiary/aromatic N) is 2. The molecule has 2 heterocycles. The van der Waals surface area contributed by atoms with Gasteiger partial charge in [-0.3, -0.25) is 0 Å². The van der Waals surface area contributed by atoms with E-state index >= 15 is 0 Å². The number of nitrogens with one attached hydrogen (secondary N) is 1. The van der Waals surface area contributed by atoms with Crippen LogP contribution in [0.2, 0.25) is 0 Å². The highest BCUT2D eigenvalue weighted by Crippen LogP contribution is 2.11. The fourth-order valence-electron chi connectivity index (χ4n) is 2.09. The zero-order valence-corrected chi connectivity index (χ0v) is 10.4.